The Morgan fingerprint density at radius 2 is 1.53 bits per heavy atom. The van der Waals surface area contributed by atoms with Crippen molar-refractivity contribution in [3.63, 3.8) is 0 Å². The molecule has 8 nitrogen and oxygen atoms in total. The van der Waals surface area contributed by atoms with E-state index in [4.69, 9.17) is 0 Å². The van der Waals surface area contributed by atoms with Crippen LogP contribution in [0.25, 0.3) is 0 Å². The Hall–Kier alpha value is -3.93. The van der Waals surface area contributed by atoms with E-state index < -0.39 is 43.8 Å². The third kappa shape index (κ3) is 3.96. The van der Waals surface area contributed by atoms with Crippen LogP contribution in [-0.2, 0) is 14.6 Å². The number of phenolic OH excluding ortho intramolecular Hbond substituents is 1. The molecule has 0 spiro atoms. The third-order valence-electron chi connectivity index (χ3n) is 5.95. The van der Waals surface area contributed by atoms with Gasteiger partial charge in [0.1, 0.15) is 11.3 Å². The molecule has 12 heteroatoms. The molecule has 4 rings (SSSR count). The summed E-state index contributed by atoms with van der Waals surface area (Å²) in [4.78, 5) is 32.1. The van der Waals surface area contributed by atoms with Gasteiger partial charge < -0.3 is 5.11 Å². The number of carbonyl (C=O) groups excluding carboxylic acids is 2. The van der Waals surface area contributed by atoms with Gasteiger partial charge in [0.15, 0.2) is 0 Å². The Morgan fingerprint density at radius 3 is 2.08 bits per heavy atom. The highest BCUT2D eigenvalue weighted by Crippen LogP contribution is 2.43. The van der Waals surface area contributed by atoms with Crippen LogP contribution >= 0.6 is 0 Å². The van der Waals surface area contributed by atoms with Gasteiger partial charge in [-0.25, -0.2) is 18.1 Å². The molecule has 1 aliphatic rings. The average Bonchev–Trinajstić information content (AvgIpc) is 3.00. The third-order valence-corrected chi connectivity index (χ3v) is 7.45. The molecule has 3 amide bonds. The zero-order valence-electron chi connectivity index (χ0n) is 19.0. The molecule has 1 fully saturated rings. The summed E-state index contributed by atoms with van der Waals surface area (Å²) in [7, 11) is -5.60. The maximum atomic E-state index is 13.7. The van der Waals surface area contributed by atoms with E-state index in [0.717, 1.165) is 17.0 Å². The van der Waals surface area contributed by atoms with Crippen molar-refractivity contribution in [3.8, 4) is 5.75 Å². The number of benzene rings is 2. The van der Waals surface area contributed by atoms with Crippen molar-refractivity contribution in [2.75, 3.05) is 4.90 Å². The first-order valence-electron chi connectivity index (χ1n) is 10.6. The predicted octanol–water partition coefficient (Wildman–Crippen LogP) is 4.42. The number of aromatic hydroxyl groups is 1. The van der Waals surface area contributed by atoms with Gasteiger partial charge in [-0.15, -0.1) is 0 Å². The summed E-state index contributed by atoms with van der Waals surface area (Å²) in [6.45, 7) is 3.01. The lowest BCUT2D eigenvalue weighted by atomic mass is 9.92. The van der Waals surface area contributed by atoms with E-state index in [1.807, 2.05) is 0 Å². The van der Waals surface area contributed by atoms with Gasteiger partial charge in [0.25, 0.3) is 15.7 Å². The number of phenols is 1. The first-order valence-corrected chi connectivity index (χ1v) is 12.0. The second-order valence-electron chi connectivity index (χ2n) is 8.54. The topological polar surface area (TPSA) is 108 Å². The van der Waals surface area contributed by atoms with Crippen molar-refractivity contribution in [1.29, 1.82) is 0 Å². The highest BCUT2D eigenvalue weighted by molar-refractivity contribution is 7.92. The van der Waals surface area contributed by atoms with E-state index in [-0.39, 0.29) is 11.4 Å². The number of anilines is 1. The molecular formula is C24H20F3N3O5S. The maximum absolute atomic E-state index is 13.7. The van der Waals surface area contributed by atoms with E-state index in [1.165, 1.54) is 37.2 Å². The average molecular weight is 520 g/mol. The molecular weight excluding hydrogens is 499 g/mol. The summed E-state index contributed by atoms with van der Waals surface area (Å²) in [5, 5.41) is 10.6. The minimum Gasteiger partial charge on any atom is -0.508 e. The lowest BCUT2D eigenvalue weighted by Gasteiger charge is -2.36. The van der Waals surface area contributed by atoms with Crippen LogP contribution in [0.2, 0.25) is 0 Å². The van der Waals surface area contributed by atoms with Gasteiger partial charge in [0.2, 0.25) is 0 Å². The highest BCUT2D eigenvalue weighted by Gasteiger charge is 2.55. The van der Waals surface area contributed by atoms with Gasteiger partial charge >= 0.3 is 11.5 Å². The zero-order chi connectivity index (χ0) is 26.5. The second-order valence-corrected chi connectivity index (χ2v) is 10.5. The van der Waals surface area contributed by atoms with E-state index in [1.54, 1.807) is 30.3 Å². The molecule has 36 heavy (non-hydrogen) atoms. The van der Waals surface area contributed by atoms with Crippen molar-refractivity contribution in [1.82, 2.24) is 9.88 Å². The predicted molar refractivity (Wildman–Crippen MR) is 123 cm³/mol. The van der Waals surface area contributed by atoms with Crippen molar-refractivity contribution in [2.24, 2.45) is 0 Å². The van der Waals surface area contributed by atoms with E-state index >= 15 is 0 Å². The van der Waals surface area contributed by atoms with Gasteiger partial charge in [-0.1, -0.05) is 18.2 Å². The van der Waals surface area contributed by atoms with Crippen LogP contribution in [0.3, 0.4) is 0 Å². The second kappa shape index (κ2) is 8.63. The number of urea groups is 1. The summed E-state index contributed by atoms with van der Waals surface area (Å²) in [5.74, 6) is -0.802. The number of hydrogen-bond acceptors (Lipinski definition) is 6. The van der Waals surface area contributed by atoms with Gasteiger partial charge in [-0.3, -0.25) is 14.7 Å². The molecule has 0 radical (unpaired) electrons. The standard InChI is InChI=1S/C24H20F3N3O5S/c1-23(2)21(32)29(16-7-9-17(10-8-16)36(34,35)24(25,26)27)22(33)30(23)20(15-11-13-28-14-12-15)18-5-3-4-6-19(18)31/h3-14,20,31H,1-2H3. The number of para-hydroxylation sites is 1. The molecule has 2 aromatic carbocycles. The van der Waals surface area contributed by atoms with Crippen molar-refractivity contribution in [2.45, 2.75) is 35.8 Å². The van der Waals surface area contributed by atoms with Crippen LogP contribution in [-0.4, -0.2) is 46.4 Å². The number of sulfone groups is 1. The number of pyridine rings is 1. The first-order chi connectivity index (χ1) is 16.8. The number of amides is 3. The van der Waals surface area contributed by atoms with Gasteiger partial charge in [-0.2, -0.15) is 13.2 Å². The molecule has 1 atom stereocenters. The van der Waals surface area contributed by atoms with Crippen molar-refractivity contribution in [3.05, 3.63) is 84.2 Å². The Labute approximate surface area is 204 Å². The van der Waals surface area contributed by atoms with Gasteiger partial charge in [0.05, 0.1) is 16.6 Å². The zero-order valence-corrected chi connectivity index (χ0v) is 19.8. The number of hydrogen-bond donors (Lipinski definition) is 1. The Balaban J connectivity index is 1.81. The van der Waals surface area contributed by atoms with Crippen molar-refractivity contribution >= 4 is 27.5 Å². The number of nitrogens with zero attached hydrogens (tertiary/aromatic N) is 3. The maximum Gasteiger partial charge on any atom is 0.501 e. The van der Waals surface area contributed by atoms with Gasteiger partial charge in [0, 0.05) is 18.0 Å². The Morgan fingerprint density at radius 1 is 0.944 bits per heavy atom. The molecule has 1 N–H and O–H groups in total. The largest absolute Gasteiger partial charge is 0.508 e. The summed E-state index contributed by atoms with van der Waals surface area (Å²) in [6.07, 6.45) is 2.99. The van der Waals surface area contributed by atoms with E-state index in [2.05, 4.69) is 4.98 Å². The lowest BCUT2D eigenvalue weighted by Crippen LogP contribution is -2.46. The fourth-order valence-electron chi connectivity index (χ4n) is 4.11. The number of aromatic nitrogens is 1. The molecule has 1 unspecified atom stereocenters. The Kier molecular flexibility index (Phi) is 6.03. The number of halogens is 3. The smallest absolute Gasteiger partial charge is 0.501 e. The van der Waals surface area contributed by atoms with E-state index in [9.17, 15) is 36.3 Å². The normalized spacial score (nSPS) is 16.9. The number of rotatable bonds is 5. The van der Waals surface area contributed by atoms with Crippen LogP contribution in [0.5, 0.6) is 5.75 Å². The van der Waals surface area contributed by atoms with Crippen LogP contribution in [0.1, 0.15) is 31.0 Å². The first kappa shape index (κ1) is 25.2. The fraction of sp³-hybridized carbons (Fsp3) is 0.208. The summed E-state index contributed by atoms with van der Waals surface area (Å²) in [6, 6.07) is 11.2. The highest BCUT2D eigenvalue weighted by atomic mass is 32.2. The molecule has 0 saturated carbocycles. The minimum absolute atomic E-state index is 0.104. The number of alkyl halides is 3. The fourth-order valence-corrected chi connectivity index (χ4v) is 4.87. The SMILES string of the molecule is CC1(C)C(=O)N(c2ccc(S(=O)(=O)C(F)(F)F)cc2)C(=O)N1C(c1ccncc1)c1ccccc1O. The number of imide groups is 1. The van der Waals surface area contributed by atoms with Crippen LogP contribution in [0.15, 0.2) is 78.0 Å². The van der Waals surface area contributed by atoms with Crippen LogP contribution < -0.4 is 4.90 Å². The summed E-state index contributed by atoms with van der Waals surface area (Å²) < 4.78 is 62.1. The molecule has 1 aliphatic heterocycles. The van der Waals surface area contributed by atoms with Gasteiger partial charge in [-0.05, 0) is 61.9 Å². The molecule has 0 aliphatic carbocycles. The molecule has 188 valence electrons. The molecule has 0 bridgehead atoms. The molecule has 1 aromatic heterocycles. The monoisotopic (exact) mass is 519 g/mol. The molecule has 1 saturated heterocycles. The summed E-state index contributed by atoms with van der Waals surface area (Å²) >= 11 is 0. The van der Waals surface area contributed by atoms with Crippen LogP contribution in [0.4, 0.5) is 23.7 Å². The lowest BCUT2D eigenvalue weighted by molar-refractivity contribution is -0.123. The number of carbonyl (C=O) groups is 2. The van der Waals surface area contributed by atoms with E-state index in [0.29, 0.717) is 23.3 Å². The summed E-state index contributed by atoms with van der Waals surface area (Å²) in [5.41, 5.74) is -6.17. The van der Waals surface area contributed by atoms with Crippen molar-refractivity contribution < 1.29 is 36.3 Å². The Bertz CT molecular complexity index is 1430. The molecule has 3 aromatic rings. The quantitative estimate of drug-likeness (QED) is 0.500. The van der Waals surface area contributed by atoms with Crippen LogP contribution in [0, 0.1) is 0 Å². The molecule has 2 heterocycles. The minimum atomic E-state index is -5.60.